The van der Waals surface area contributed by atoms with E-state index in [9.17, 15) is 4.79 Å². The van der Waals surface area contributed by atoms with Crippen molar-refractivity contribution < 1.29 is 22.8 Å². The van der Waals surface area contributed by atoms with Crippen LogP contribution in [0, 0.1) is 0 Å². The first kappa shape index (κ1) is 19.3. The van der Waals surface area contributed by atoms with Gasteiger partial charge in [-0.05, 0) is 25.9 Å². The molecule has 0 fully saturated rings. The fraction of sp³-hybridized carbons (Fsp3) is 0.917. The summed E-state index contributed by atoms with van der Waals surface area (Å²) in [6, 6.07) is 0.560. The van der Waals surface area contributed by atoms with Gasteiger partial charge in [-0.3, -0.25) is 0 Å². The number of nitrogens with one attached hydrogen (secondary N) is 2. The monoisotopic (exact) mass is 308 g/mol. The third kappa shape index (κ3) is 8.49. The number of rotatable bonds is 12. The minimum Gasteiger partial charge on any atom is -0.441 e. The van der Waals surface area contributed by atoms with Crippen LogP contribution in [0.25, 0.3) is 0 Å². The van der Waals surface area contributed by atoms with E-state index in [-0.39, 0.29) is 0 Å². The Labute approximate surface area is 122 Å². The average molecular weight is 308 g/mol. The number of ether oxygens (including phenoxy) is 1. The van der Waals surface area contributed by atoms with Crippen LogP contribution < -0.4 is 10.6 Å². The largest absolute Gasteiger partial charge is 0.569 e. The summed E-state index contributed by atoms with van der Waals surface area (Å²) in [5.74, 6) is 0. The van der Waals surface area contributed by atoms with Gasteiger partial charge in [0.2, 0.25) is 0 Å². The maximum atomic E-state index is 11.2. The molecule has 0 heterocycles. The molecule has 0 spiro atoms. The number of carbonyl (C=O) groups is 1. The van der Waals surface area contributed by atoms with Crippen LogP contribution in [-0.2, 0) is 18.0 Å². The summed E-state index contributed by atoms with van der Waals surface area (Å²) in [5, 5.41) is 6.62. The molecule has 0 aliphatic rings. The predicted octanol–water partition coefficient (Wildman–Crippen LogP) is 0.980. The molecular weight excluding hydrogens is 280 g/mol. The number of hydrogen-bond donors (Lipinski definition) is 2. The number of carbonyl (C=O) groups excluding carboxylic acids is 1. The quantitative estimate of drug-likeness (QED) is 0.316. The van der Waals surface area contributed by atoms with Crippen LogP contribution in [0.4, 0.5) is 4.79 Å². The van der Waals surface area contributed by atoms with Crippen molar-refractivity contribution in [2.75, 3.05) is 47.5 Å². The molecule has 8 heteroatoms. The molecule has 0 saturated heterocycles. The van der Waals surface area contributed by atoms with Crippen molar-refractivity contribution in [3.8, 4) is 0 Å². The zero-order chi connectivity index (χ0) is 15.3. The molecule has 0 aromatic heterocycles. The van der Waals surface area contributed by atoms with E-state index in [1.165, 1.54) is 21.3 Å². The topological polar surface area (TPSA) is 78.0 Å². The predicted molar refractivity (Wildman–Crippen MR) is 78.7 cm³/mol. The van der Waals surface area contributed by atoms with Crippen LogP contribution in [-0.4, -0.2) is 62.5 Å². The van der Waals surface area contributed by atoms with Crippen molar-refractivity contribution in [2.45, 2.75) is 25.8 Å². The molecule has 2 N–H and O–H groups in total. The maximum absolute atomic E-state index is 11.2. The van der Waals surface area contributed by atoms with E-state index in [4.69, 9.17) is 13.3 Å². The highest BCUT2D eigenvalue weighted by atomic mass is 28.4. The molecule has 0 aromatic rings. The molecule has 0 saturated carbocycles. The van der Waals surface area contributed by atoms with Gasteiger partial charge in [0.15, 0.2) is 0 Å². The molecule has 0 aliphatic heterocycles. The molecule has 0 radical (unpaired) electrons. The van der Waals surface area contributed by atoms with Crippen LogP contribution in [0.2, 0.25) is 6.04 Å². The first-order valence-electron chi connectivity index (χ1n) is 6.92. The summed E-state index contributed by atoms with van der Waals surface area (Å²) in [5.41, 5.74) is 0. The highest BCUT2D eigenvalue weighted by Crippen LogP contribution is 2.16. The lowest BCUT2D eigenvalue weighted by atomic mass is 10.4. The maximum Gasteiger partial charge on any atom is 0.569 e. The molecule has 0 unspecified atom stereocenters. The second-order valence-electron chi connectivity index (χ2n) is 4.25. The lowest BCUT2D eigenvalue weighted by molar-refractivity contribution is 0.0693. The van der Waals surface area contributed by atoms with Crippen LogP contribution >= 0.6 is 0 Å². The summed E-state index contributed by atoms with van der Waals surface area (Å²) in [4.78, 5) is 11.2. The van der Waals surface area contributed by atoms with Gasteiger partial charge >= 0.3 is 15.0 Å². The van der Waals surface area contributed by atoms with Crippen molar-refractivity contribution in [3.63, 3.8) is 0 Å². The van der Waals surface area contributed by atoms with Crippen molar-refractivity contribution in [1.82, 2.24) is 10.6 Å². The summed E-state index contributed by atoms with van der Waals surface area (Å²) < 4.78 is 20.2. The Kier molecular flexibility index (Phi) is 11.7. The summed E-state index contributed by atoms with van der Waals surface area (Å²) >= 11 is 0. The second kappa shape index (κ2) is 12.1. The molecule has 20 heavy (non-hydrogen) atoms. The Morgan fingerprint density at radius 3 is 2.10 bits per heavy atom. The smallest absolute Gasteiger partial charge is 0.441 e. The Bertz CT molecular complexity index is 252. The first-order chi connectivity index (χ1) is 9.64. The van der Waals surface area contributed by atoms with Crippen LogP contribution in [0.15, 0.2) is 0 Å². The Morgan fingerprint density at radius 1 is 1.00 bits per heavy atom. The molecule has 0 aliphatic carbocycles. The van der Waals surface area contributed by atoms with Crippen LogP contribution in [0.5, 0.6) is 0 Å². The van der Waals surface area contributed by atoms with E-state index < -0.39 is 15.0 Å². The zero-order valence-electron chi connectivity index (χ0n) is 13.0. The summed E-state index contributed by atoms with van der Waals surface area (Å²) in [6.45, 7) is 5.86. The van der Waals surface area contributed by atoms with Gasteiger partial charge in [-0.2, -0.15) is 0 Å². The Hall–Kier alpha value is -0.673. The van der Waals surface area contributed by atoms with Crippen molar-refractivity contribution in [2.24, 2.45) is 0 Å². The second-order valence-corrected chi connectivity index (χ2v) is 7.14. The summed E-state index contributed by atoms with van der Waals surface area (Å²) in [7, 11) is 1.30. The van der Waals surface area contributed by atoms with E-state index in [0.717, 1.165) is 39.0 Å². The number of methoxy groups -OCH3 is 1. The standard InChI is InChI=1S/C12H28N2O5Si/c1-5-7-13-9-10-14-8-6-11-20(17-3,18-4)19-12(15)16-2/h13-14H,5-11H2,1-4H3. The molecule has 0 amide bonds. The van der Waals surface area contributed by atoms with E-state index >= 15 is 0 Å². The molecular formula is C12H28N2O5Si. The van der Waals surface area contributed by atoms with E-state index in [1.54, 1.807) is 0 Å². The normalized spacial score (nSPS) is 11.4. The minimum absolute atomic E-state index is 0.560. The summed E-state index contributed by atoms with van der Waals surface area (Å²) in [6.07, 6.45) is 1.18. The van der Waals surface area contributed by atoms with Crippen LogP contribution in [0.3, 0.4) is 0 Å². The Morgan fingerprint density at radius 2 is 1.60 bits per heavy atom. The van der Waals surface area contributed by atoms with Gasteiger partial charge < -0.3 is 28.6 Å². The lowest BCUT2D eigenvalue weighted by Crippen LogP contribution is -2.46. The van der Waals surface area contributed by atoms with Gasteiger partial charge in [-0.15, -0.1) is 0 Å². The van der Waals surface area contributed by atoms with Gasteiger partial charge in [0, 0.05) is 33.4 Å². The van der Waals surface area contributed by atoms with Gasteiger partial charge in [0.25, 0.3) is 0 Å². The molecule has 0 aromatic carbocycles. The number of hydrogen-bond acceptors (Lipinski definition) is 7. The van der Waals surface area contributed by atoms with Crippen molar-refractivity contribution in [1.29, 1.82) is 0 Å². The first-order valence-corrected chi connectivity index (χ1v) is 8.86. The van der Waals surface area contributed by atoms with E-state index in [2.05, 4.69) is 22.3 Å². The van der Waals surface area contributed by atoms with Gasteiger partial charge in [0.1, 0.15) is 0 Å². The fourth-order valence-electron chi connectivity index (χ4n) is 1.62. The molecule has 7 nitrogen and oxygen atoms in total. The SMILES string of the molecule is CCCNCCNCCC[Si](OC)(OC)OC(=O)OC. The van der Waals surface area contributed by atoms with Gasteiger partial charge in [0.05, 0.1) is 7.11 Å². The average Bonchev–Trinajstić information content (AvgIpc) is 2.48. The highest BCUT2D eigenvalue weighted by molar-refractivity contribution is 6.62. The fourth-order valence-corrected chi connectivity index (χ4v) is 3.41. The van der Waals surface area contributed by atoms with E-state index in [0.29, 0.717) is 6.04 Å². The highest BCUT2D eigenvalue weighted by Gasteiger charge is 2.43. The molecule has 0 rings (SSSR count). The third-order valence-corrected chi connectivity index (χ3v) is 5.46. The van der Waals surface area contributed by atoms with Crippen molar-refractivity contribution >= 4 is 15.0 Å². The lowest BCUT2D eigenvalue weighted by Gasteiger charge is -2.24. The Balaban J connectivity index is 3.83. The minimum atomic E-state index is -2.94. The third-order valence-electron chi connectivity index (χ3n) is 2.77. The zero-order valence-corrected chi connectivity index (χ0v) is 14.0. The molecule has 0 bridgehead atoms. The van der Waals surface area contributed by atoms with Gasteiger partial charge in [-0.25, -0.2) is 4.79 Å². The van der Waals surface area contributed by atoms with Crippen LogP contribution in [0.1, 0.15) is 19.8 Å². The van der Waals surface area contributed by atoms with Crippen molar-refractivity contribution in [3.05, 3.63) is 0 Å². The molecule has 0 atom stereocenters. The van der Waals surface area contributed by atoms with Gasteiger partial charge in [-0.1, -0.05) is 6.92 Å². The molecule has 120 valence electrons. The van der Waals surface area contributed by atoms with E-state index in [1.807, 2.05) is 0 Å².